The standard InChI is InChI=1S/C11H20N2O5/c1-11(2,3)18-10(17)12-7(9(15)16)6-8(14)13(4)5/h7H,6H2,1-5H3,(H,12,17)(H,15,16)/t7-/m0/s1/i4D,5D. The lowest BCUT2D eigenvalue weighted by atomic mass is 10.2. The number of carbonyl (C=O) groups excluding carboxylic acids is 2. The molecule has 0 aliphatic heterocycles. The van der Waals surface area contributed by atoms with E-state index in [0.29, 0.717) is 0 Å². The molecule has 0 aromatic rings. The Kier molecular flexibility index (Phi) is 4.38. The van der Waals surface area contributed by atoms with Gasteiger partial charge in [0.05, 0.1) is 6.42 Å². The number of carbonyl (C=O) groups is 3. The van der Waals surface area contributed by atoms with Crippen molar-refractivity contribution >= 4 is 18.0 Å². The van der Waals surface area contributed by atoms with Gasteiger partial charge in [-0.3, -0.25) is 4.79 Å². The first-order valence-electron chi connectivity index (χ1n) is 6.60. The molecule has 0 saturated heterocycles. The number of carboxylic acid groups (broad SMARTS) is 1. The highest BCUT2D eigenvalue weighted by Crippen LogP contribution is 2.07. The highest BCUT2D eigenvalue weighted by molar-refractivity contribution is 5.87. The molecule has 0 aliphatic carbocycles. The van der Waals surface area contributed by atoms with Gasteiger partial charge in [-0.1, -0.05) is 0 Å². The zero-order valence-electron chi connectivity index (χ0n) is 12.7. The largest absolute Gasteiger partial charge is 0.480 e. The number of hydrogen-bond donors (Lipinski definition) is 2. The molecule has 0 spiro atoms. The van der Waals surface area contributed by atoms with Crippen molar-refractivity contribution in [2.75, 3.05) is 14.0 Å². The summed E-state index contributed by atoms with van der Waals surface area (Å²) in [4.78, 5) is 34.9. The molecular weight excluding hydrogens is 240 g/mol. The summed E-state index contributed by atoms with van der Waals surface area (Å²) >= 11 is 0. The summed E-state index contributed by atoms with van der Waals surface area (Å²) in [5.74, 6) is -2.09. The molecule has 7 nitrogen and oxygen atoms in total. The molecule has 0 bridgehead atoms. The maximum absolute atomic E-state index is 11.6. The van der Waals surface area contributed by atoms with Gasteiger partial charge in [-0.2, -0.15) is 0 Å². The van der Waals surface area contributed by atoms with E-state index in [1.54, 1.807) is 20.8 Å². The van der Waals surface area contributed by atoms with Crippen molar-refractivity contribution in [1.82, 2.24) is 10.2 Å². The molecule has 0 aliphatic rings. The Balaban J connectivity index is 4.63. The minimum atomic E-state index is -1.46. The van der Waals surface area contributed by atoms with Crippen molar-refractivity contribution in [3.05, 3.63) is 0 Å². The first kappa shape index (κ1) is 12.7. The highest BCUT2D eigenvalue weighted by Gasteiger charge is 2.26. The van der Waals surface area contributed by atoms with Gasteiger partial charge in [-0.25, -0.2) is 9.59 Å². The molecule has 0 heterocycles. The SMILES string of the molecule is [2H]CN(C[2H])C(=O)C[C@H](NC(=O)OC(C)(C)C)C(=O)O. The fraction of sp³-hybridized carbons (Fsp3) is 0.727. The molecule has 0 rings (SSSR count). The van der Waals surface area contributed by atoms with Crippen LogP contribution in [-0.2, 0) is 14.3 Å². The maximum atomic E-state index is 11.6. The summed E-state index contributed by atoms with van der Waals surface area (Å²) in [7, 11) is -0.887. The van der Waals surface area contributed by atoms with Crippen molar-refractivity contribution in [2.45, 2.75) is 38.8 Å². The van der Waals surface area contributed by atoms with E-state index in [2.05, 4.69) is 5.32 Å². The maximum Gasteiger partial charge on any atom is 0.408 e. The van der Waals surface area contributed by atoms with Crippen molar-refractivity contribution in [2.24, 2.45) is 0 Å². The van der Waals surface area contributed by atoms with Gasteiger partial charge in [0.1, 0.15) is 11.6 Å². The van der Waals surface area contributed by atoms with Gasteiger partial charge in [-0.15, -0.1) is 0 Å². The van der Waals surface area contributed by atoms with Crippen LogP contribution in [0, 0.1) is 0 Å². The van der Waals surface area contributed by atoms with Crippen molar-refractivity contribution in [1.29, 1.82) is 0 Å². The Labute approximate surface area is 109 Å². The molecule has 18 heavy (non-hydrogen) atoms. The summed E-state index contributed by atoms with van der Waals surface area (Å²) in [5, 5.41) is 11.0. The second kappa shape index (κ2) is 6.23. The fourth-order valence-corrected chi connectivity index (χ4v) is 0.954. The zero-order valence-corrected chi connectivity index (χ0v) is 10.7. The van der Waals surface area contributed by atoms with E-state index in [1.165, 1.54) is 0 Å². The third kappa shape index (κ3) is 6.72. The van der Waals surface area contributed by atoms with E-state index >= 15 is 0 Å². The van der Waals surface area contributed by atoms with E-state index in [9.17, 15) is 14.4 Å². The first-order valence-corrected chi connectivity index (χ1v) is 5.19. The lowest BCUT2D eigenvalue weighted by molar-refractivity contribution is -0.142. The Hall–Kier alpha value is -1.79. The normalized spacial score (nSPS) is 13.9. The number of alkyl carbamates (subject to hydrolysis) is 1. The van der Waals surface area contributed by atoms with Gasteiger partial charge in [0.25, 0.3) is 0 Å². The number of hydrogen-bond acceptors (Lipinski definition) is 4. The Morgan fingerprint density at radius 3 is 2.33 bits per heavy atom. The minimum Gasteiger partial charge on any atom is -0.480 e. The predicted octanol–water partition coefficient (Wildman–Crippen LogP) is 0.443. The molecule has 0 radical (unpaired) electrons. The smallest absolute Gasteiger partial charge is 0.408 e. The molecule has 1 atom stereocenters. The van der Waals surface area contributed by atoms with Crippen molar-refractivity contribution < 1.29 is 27.0 Å². The van der Waals surface area contributed by atoms with Crippen LogP contribution in [0.2, 0.25) is 0 Å². The Bertz CT molecular complexity index is 366. The van der Waals surface area contributed by atoms with Crippen LogP contribution in [0.4, 0.5) is 4.79 Å². The van der Waals surface area contributed by atoms with E-state index < -0.39 is 50.1 Å². The molecule has 0 aromatic carbocycles. The summed E-state index contributed by atoms with van der Waals surface area (Å²) in [5.41, 5.74) is -0.786. The molecular formula is C11H20N2O5. The average molecular weight is 262 g/mol. The second-order valence-electron chi connectivity index (χ2n) is 4.67. The van der Waals surface area contributed by atoms with E-state index in [-0.39, 0.29) is 0 Å². The minimum absolute atomic E-state index is 0.443. The van der Waals surface area contributed by atoms with Gasteiger partial charge in [0, 0.05) is 16.8 Å². The number of aliphatic carboxylic acids is 1. The molecule has 7 heteroatoms. The number of rotatable bonds is 4. The topological polar surface area (TPSA) is 95.9 Å². The zero-order chi connectivity index (χ0) is 15.9. The summed E-state index contributed by atoms with van der Waals surface area (Å²) < 4.78 is 19.0. The number of nitrogens with one attached hydrogen (secondary N) is 1. The lowest BCUT2D eigenvalue weighted by Gasteiger charge is -2.22. The molecule has 0 fully saturated rings. The molecule has 2 N–H and O–H groups in total. The molecule has 104 valence electrons. The van der Waals surface area contributed by atoms with Crippen LogP contribution in [0.1, 0.15) is 29.9 Å². The van der Waals surface area contributed by atoms with Gasteiger partial charge in [0.2, 0.25) is 5.91 Å². The second-order valence-corrected chi connectivity index (χ2v) is 4.67. The first-order chi connectivity index (χ1) is 9.10. The molecule has 0 unspecified atom stereocenters. The Morgan fingerprint density at radius 2 is 1.94 bits per heavy atom. The fourth-order valence-electron chi connectivity index (χ4n) is 0.954. The van der Waals surface area contributed by atoms with E-state index in [4.69, 9.17) is 12.6 Å². The van der Waals surface area contributed by atoms with Crippen LogP contribution in [0.15, 0.2) is 0 Å². The highest BCUT2D eigenvalue weighted by atomic mass is 16.6. The van der Waals surface area contributed by atoms with E-state index in [1.807, 2.05) is 0 Å². The third-order valence-electron chi connectivity index (χ3n) is 1.72. The number of ether oxygens (including phenoxy) is 1. The van der Waals surface area contributed by atoms with Crippen LogP contribution in [0.5, 0.6) is 0 Å². The van der Waals surface area contributed by atoms with Crippen molar-refractivity contribution in [3.8, 4) is 0 Å². The van der Waals surface area contributed by atoms with Gasteiger partial charge < -0.3 is 20.1 Å². The number of carboxylic acids is 1. The van der Waals surface area contributed by atoms with Crippen LogP contribution in [-0.4, -0.2) is 53.7 Å². The molecule has 0 aromatic heterocycles. The third-order valence-corrected chi connectivity index (χ3v) is 1.72. The monoisotopic (exact) mass is 262 g/mol. The van der Waals surface area contributed by atoms with Gasteiger partial charge >= 0.3 is 12.1 Å². The van der Waals surface area contributed by atoms with Crippen molar-refractivity contribution in [3.63, 3.8) is 0 Å². The number of nitrogens with zero attached hydrogens (tertiary/aromatic N) is 1. The number of amides is 2. The summed E-state index contributed by atoms with van der Waals surface area (Å²) in [6.07, 6.45) is -1.48. The quantitative estimate of drug-likeness (QED) is 0.766. The van der Waals surface area contributed by atoms with Gasteiger partial charge in [-0.05, 0) is 20.8 Å². The van der Waals surface area contributed by atoms with Crippen LogP contribution >= 0.6 is 0 Å². The van der Waals surface area contributed by atoms with Gasteiger partial charge in [0.15, 0.2) is 0 Å². The van der Waals surface area contributed by atoms with Crippen LogP contribution in [0.3, 0.4) is 0 Å². The van der Waals surface area contributed by atoms with E-state index in [0.717, 1.165) is 4.90 Å². The van der Waals surface area contributed by atoms with Crippen LogP contribution < -0.4 is 5.32 Å². The lowest BCUT2D eigenvalue weighted by Crippen LogP contribution is -2.45. The predicted molar refractivity (Wildman–Crippen MR) is 64.1 cm³/mol. The summed E-state index contributed by atoms with van der Waals surface area (Å²) in [6, 6.07) is -1.46. The summed E-state index contributed by atoms with van der Waals surface area (Å²) in [6.45, 7) is 4.86. The van der Waals surface area contributed by atoms with Crippen LogP contribution in [0.25, 0.3) is 0 Å². The molecule has 0 saturated carbocycles. The Morgan fingerprint density at radius 1 is 1.39 bits per heavy atom. The molecule has 2 amide bonds. The average Bonchev–Trinajstić information content (AvgIpc) is 2.26.